The van der Waals surface area contributed by atoms with E-state index in [1.165, 1.54) is 4.90 Å². The highest BCUT2D eigenvalue weighted by Crippen LogP contribution is 2.55. The first-order chi connectivity index (χ1) is 16.3. The number of nitrogens with zero attached hydrogens (tertiary/aromatic N) is 2. The lowest BCUT2D eigenvalue weighted by Gasteiger charge is -2.41. The number of hydrogen-bond donors (Lipinski definition) is 0. The number of amides is 2. The molecule has 3 aromatic carbocycles. The van der Waals surface area contributed by atoms with Gasteiger partial charge < -0.3 is 9.94 Å². The lowest BCUT2D eigenvalue weighted by Crippen LogP contribution is -2.57. The molecular formula is C27H27BrN2O4. The maximum atomic E-state index is 14.0. The number of benzene rings is 3. The maximum absolute atomic E-state index is 14.0. The quantitative estimate of drug-likeness (QED) is 0.297. The van der Waals surface area contributed by atoms with Crippen LogP contribution in [0, 0.1) is 10.6 Å². The zero-order valence-corrected chi connectivity index (χ0v) is 20.7. The van der Waals surface area contributed by atoms with E-state index in [9.17, 15) is 14.8 Å². The molecule has 1 aliphatic heterocycles. The van der Waals surface area contributed by atoms with Crippen molar-refractivity contribution in [1.29, 1.82) is 0 Å². The van der Waals surface area contributed by atoms with E-state index in [4.69, 9.17) is 4.74 Å². The molecule has 7 heteroatoms. The fourth-order valence-corrected chi connectivity index (χ4v) is 5.32. The summed E-state index contributed by atoms with van der Waals surface area (Å²) < 4.78 is 5.41. The fraction of sp³-hybridized carbons (Fsp3) is 0.333. The first-order valence-electron chi connectivity index (χ1n) is 11.6. The summed E-state index contributed by atoms with van der Waals surface area (Å²) in [5, 5.41) is 15.9. The van der Waals surface area contributed by atoms with Crippen LogP contribution < -0.4 is 4.65 Å². The highest BCUT2D eigenvalue weighted by Gasteiger charge is 2.58. The highest BCUT2D eigenvalue weighted by molar-refractivity contribution is 9.10. The zero-order valence-electron chi connectivity index (χ0n) is 19.1. The molecule has 6 nitrogen and oxygen atoms in total. The molecule has 0 radical (unpaired) electrons. The Kier molecular flexibility index (Phi) is 5.96. The minimum absolute atomic E-state index is 0.0528. The van der Waals surface area contributed by atoms with E-state index in [1.54, 1.807) is 19.1 Å². The van der Waals surface area contributed by atoms with Gasteiger partial charge in [-0.3, -0.25) is 9.55 Å². The first kappa shape index (κ1) is 23.0. The van der Waals surface area contributed by atoms with Gasteiger partial charge in [-0.1, -0.05) is 52.3 Å². The zero-order chi connectivity index (χ0) is 23.9. The van der Waals surface area contributed by atoms with Gasteiger partial charge in [0.1, 0.15) is 12.3 Å². The minimum Gasteiger partial charge on any atom is -0.620 e. The lowest BCUT2D eigenvalue weighted by atomic mass is 10.0. The minimum atomic E-state index is -1.10. The van der Waals surface area contributed by atoms with Crippen molar-refractivity contribution in [3.63, 3.8) is 0 Å². The molecule has 3 aromatic rings. The van der Waals surface area contributed by atoms with Crippen molar-refractivity contribution in [2.75, 3.05) is 13.1 Å². The van der Waals surface area contributed by atoms with Crippen LogP contribution in [0.1, 0.15) is 31.7 Å². The molecule has 2 atom stereocenters. The van der Waals surface area contributed by atoms with Gasteiger partial charge in [0.05, 0.1) is 6.54 Å². The second kappa shape index (κ2) is 8.80. The smallest absolute Gasteiger partial charge is 0.410 e. The van der Waals surface area contributed by atoms with Crippen LogP contribution in [0.4, 0.5) is 10.5 Å². The Morgan fingerprint density at radius 2 is 1.79 bits per heavy atom. The largest absolute Gasteiger partial charge is 0.620 e. The average molecular weight is 523 g/mol. The Labute approximate surface area is 207 Å². The number of hydroxylamine groups is 2. The summed E-state index contributed by atoms with van der Waals surface area (Å²) in [7, 11) is 0. The monoisotopic (exact) mass is 522 g/mol. The number of ether oxygens (including phenoxy) is 1. The van der Waals surface area contributed by atoms with Gasteiger partial charge in [0, 0.05) is 23.2 Å². The molecular weight excluding hydrogens is 496 g/mol. The van der Waals surface area contributed by atoms with Crippen molar-refractivity contribution in [3.05, 3.63) is 82.0 Å². The van der Waals surface area contributed by atoms with Crippen LogP contribution in [0.2, 0.25) is 0 Å². The van der Waals surface area contributed by atoms with Gasteiger partial charge in [-0.25, -0.2) is 9.59 Å². The van der Waals surface area contributed by atoms with E-state index < -0.39 is 22.7 Å². The summed E-state index contributed by atoms with van der Waals surface area (Å²) in [5.41, 5.74) is 1.21. The number of carbonyl (C=O) groups excluding carboxylic acids is 2. The SMILES string of the molecule is CC[N+]([O-])(C(=O)C1CC2(CC2)CN1C(=O)OCc1ccccc1)c1ccc2cc(Br)ccc2c1. The molecule has 1 saturated heterocycles. The molecule has 1 saturated carbocycles. The molecule has 34 heavy (non-hydrogen) atoms. The van der Waals surface area contributed by atoms with E-state index in [1.807, 2.05) is 54.6 Å². The number of rotatable bonds is 5. The standard InChI is InChI=1S/C27H27BrN2O4/c1-2-30(33,23-11-9-20-14-22(28)10-8-21(20)15-23)25(31)24-16-27(12-13-27)18-29(24)26(32)34-17-19-6-4-3-5-7-19/h3-11,14-15,24H,2,12-13,16-18H2,1H3. The van der Waals surface area contributed by atoms with Crippen LogP contribution in [0.15, 0.2) is 71.2 Å². The number of quaternary nitrogens is 1. The maximum Gasteiger partial charge on any atom is 0.410 e. The molecule has 1 spiro atoms. The van der Waals surface area contributed by atoms with Gasteiger partial charge in [0.15, 0.2) is 6.04 Å². The number of fused-ring (bicyclic) bond motifs is 1. The fourth-order valence-electron chi connectivity index (χ4n) is 4.95. The van der Waals surface area contributed by atoms with E-state index >= 15 is 0 Å². The molecule has 0 aromatic heterocycles. The van der Waals surface area contributed by atoms with Crippen LogP contribution in [0.25, 0.3) is 10.8 Å². The Morgan fingerprint density at radius 1 is 1.09 bits per heavy atom. The molecule has 0 bridgehead atoms. The third kappa shape index (κ3) is 4.24. The van der Waals surface area contributed by atoms with Crippen molar-refractivity contribution in [3.8, 4) is 0 Å². The normalized spacial score (nSPS) is 20.3. The third-order valence-corrected chi connectivity index (χ3v) is 7.69. The Bertz CT molecular complexity index is 1240. The molecule has 2 aliphatic rings. The van der Waals surface area contributed by atoms with Gasteiger partial charge in [-0.05, 0) is 66.1 Å². The van der Waals surface area contributed by atoms with Crippen molar-refractivity contribution in [1.82, 2.24) is 9.55 Å². The first-order valence-corrected chi connectivity index (χ1v) is 12.4. The second-order valence-corrected chi connectivity index (χ2v) is 10.4. The molecule has 2 fully saturated rings. The summed E-state index contributed by atoms with van der Waals surface area (Å²) in [4.78, 5) is 28.3. The Morgan fingerprint density at radius 3 is 2.50 bits per heavy atom. The summed E-state index contributed by atoms with van der Waals surface area (Å²) in [6, 6.07) is 19.9. The van der Waals surface area contributed by atoms with E-state index in [2.05, 4.69) is 15.9 Å². The van der Waals surface area contributed by atoms with Gasteiger partial charge in [0.25, 0.3) is 0 Å². The molecule has 176 valence electrons. The van der Waals surface area contributed by atoms with E-state index in [0.29, 0.717) is 18.7 Å². The third-order valence-electron chi connectivity index (χ3n) is 7.19. The molecule has 0 N–H and O–H groups in total. The summed E-state index contributed by atoms with van der Waals surface area (Å²) >= 11 is 3.47. The van der Waals surface area contributed by atoms with Crippen molar-refractivity contribution >= 4 is 44.4 Å². The van der Waals surface area contributed by atoms with Crippen LogP contribution in [-0.2, 0) is 16.1 Å². The van der Waals surface area contributed by atoms with E-state index in [-0.39, 0.29) is 18.6 Å². The lowest BCUT2D eigenvalue weighted by molar-refractivity contribution is -0.132. The van der Waals surface area contributed by atoms with Crippen LogP contribution >= 0.6 is 15.9 Å². The number of halogens is 1. The summed E-state index contributed by atoms with van der Waals surface area (Å²) in [5.74, 6) is -0.501. The van der Waals surface area contributed by atoms with Crippen molar-refractivity contribution in [2.24, 2.45) is 5.41 Å². The molecule has 1 heterocycles. The van der Waals surface area contributed by atoms with Gasteiger partial charge >= 0.3 is 12.0 Å². The molecule has 1 aliphatic carbocycles. The summed E-state index contributed by atoms with van der Waals surface area (Å²) in [6.45, 7) is 2.37. The molecule has 2 unspecified atom stereocenters. The number of carbonyl (C=O) groups is 2. The number of hydrogen-bond acceptors (Lipinski definition) is 4. The van der Waals surface area contributed by atoms with Crippen molar-refractivity contribution in [2.45, 2.75) is 38.8 Å². The van der Waals surface area contributed by atoms with Crippen LogP contribution in [0.3, 0.4) is 0 Å². The van der Waals surface area contributed by atoms with Crippen LogP contribution in [-0.4, -0.2) is 36.0 Å². The summed E-state index contributed by atoms with van der Waals surface area (Å²) in [6.07, 6.45) is 1.93. The predicted octanol–water partition coefficient (Wildman–Crippen LogP) is 6.15. The highest BCUT2D eigenvalue weighted by atomic mass is 79.9. The topological polar surface area (TPSA) is 69.7 Å². The molecule has 5 rings (SSSR count). The van der Waals surface area contributed by atoms with Crippen molar-refractivity contribution < 1.29 is 14.3 Å². The number of likely N-dealkylation sites (tertiary alicyclic amines) is 1. The average Bonchev–Trinajstić information content (AvgIpc) is 3.51. The van der Waals surface area contributed by atoms with Gasteiger partial charge in [0.2, 0.25) is 0 Å². The Hall–Kier alpha value is -2.74. The number of likely N-dealkylation sites (N-methyl/N-ethyl adjacent to an activating group) is 1. The van der Waals surface area contributed by atoms with Crippen LogP contribution in [0.5, 0.6) is 0 Å². The molecule has 2 amide bonds. The predicted molar refractivity (Wildman–Crippen MR) is 136 cm³/mol. The second-order valence-electron chi connectivity index (χ2n) is 9.46. The van der Waals surface area contributed by atoms with Gasteiger partial charge in [-0.15, -0.1) is 0 Å². The Balaban J connectivity index is 1.41. The van der Waals surface area contributed by atoms with Gasteiger partial charge in [-0.2, -0.15) is 0 Å². The van der Waals surface area contributed by atoms with E-state index in [0.717, 1.165) is 33.7 Å².